The third kappa shape index (κ3) is 1.93. The molecule has 0 spiro atoms. The van der Waals surface area contributed by atoms with Crippen LogP contribution in [0.3, 0.4) is 0 Å². The van der Waals surface area contributed by atoms with Crippen molar-refractivity contribution in [3.05, 3.63) is 11.3 Å². The van der Waals surface area contributed by atoms with Gasteiger partial charge in [0.2, 0.25) is 0 Å². The Bertz CT molecular complexity index is 392. The highest BCUT2D eigenvalue weighted by Crippen LogP contribution is 2.38. The monoisotopic (exact) mass is 272 g/mol. The maximum absolute atomic E-state index is 11.6. The predicted octanol–water partition coefficient (Wildman–Crippen LogP) is 0.440. The molecule has 0 radical (unpaired) electrons. The van der Waals surface area contributed by atoms with E-state index >= 15 is 0 Å². The van der Waals surface area contributed by atoms with Crippen LogP contribution in [0.2, 0.25) is 0 Å². The summed E-state index contributed by atoms with van der Waals surface area (Å²) in [7, 11) is 1.67. The Kier molecular flexibility index (Phi) is 3.67. The average Bonchev–Trinajstić information content (AvgIpc) is 2.68. The van der Waals surface area contributed by atoms with Crippen molar-refractivity contribution in [2.45, 2.75) is 12.8 Å². The molecular formula is C11H16O6Si. The minimum Gasteiger partial charge on any atom is -0.392 e. The van der Waals surface area contributed by atoms with E-state index in [0.717, 1.165) is 5.20 Å². The summed E-state index contributed by atoms with van der Waals surface area (Å²) in [5, 5.41) is 0.836. The second-order valence-corrected chi connectivity index (χ2v) is 7.25. The Hall–Kier alpha value is -1.02. The van der Waals surface area contributed by atoms with Crippen molar-refractivity contribution in [1.29, 1.82) is 0 Å². The lowest BCUT2D eigenvalue weighted by Crippen LogP contribution is -2.47. The first kappa shape index (κ1) is 13.4. The zero-order valence-corrected chi connectivity index (χ0v) is 11.6. The first-order valence-electron chi connectivity index (χ1n) is 5.70. The third-order valence-corrected chi connectivity index (χ3v) is 6.33. The lowest BCUT2D eigenvalue weighted by molar-refractivity contribution is -0.153. The molecule has 1 aliphatic heterocycles. The summed E-state index contributed by atoms with van der Waals surface area (Å²) in [4.78, 5) is 23.0. The summed E-state index contributed by atoms with van der Waals surface area (Å²) in [5.41, 5.74) is 0. The largest absolute Gasteiger partial charge is 0.531 e. The molecule has 1 saturated heterocycles. The highest BCUT2D eigenvalue weighted by molar-refractivity contribution is 6.68. The molecule has 100 valence electrons. The molecule has 1 fully saturated rings. The van der Waals surface area contributed by atoms with Crippen LogP contribution < -0.4 is 0 Å². The van der Waals surface area contributed by atoms with Crippen molar-refractivity contribution in [1.82, 2.24) is 0 Å². The Labute approximate surface area is 106 Å². The van der Waals surface area contributed by atoms with Gasteiger partial charge in [0.05, 0.1) is 11.8 Å². The van der Waals surface area contributed by atoms with Crippen LogP contribution in [0.25, 0.3) is 0 Å². The van der Waals surface area contributed by atoms with Crippen LogP contribution in [0, 0.1) is 11.8 Å². The minimum absolute atomic E-state index is 0.362. The number of cyclic esters (lactones) is 2. The van der Waals surface area contributed by atoms with Crippen molar-refractivity contribution >= 4 is 20.7 Å². The first-order chi connectivity index (χ1) is 8.57. The van der Waals surface area contributed by atoms with Crippen molar-refractivity contribution in [3.63, 3.8) is 0 Å². The molecule has 2 aliphatic rings. The van der Waals surface area contributed by atoms with Gasteiger partial charge in [0, 0.05) is 21.3 Å². The van der Waals surface area contributed by atoms with Gasteiger partial charge >= 0.3 is 20.7 Å². The van der Waals surface area contributed by atoms with Gasteiger partial charge in [-0.05, 0) is 18.0 Å². The lowest BCUT2D eigenvalue weighted by atomic mass is 9.86. The number of esters is 2. The molecule has 18 heavy (non-hydrogen) atoms. The van der Waals surface area contributed by atoms with Crippen LogP contribution in [-0.2, 0) is 27.6 Å². The summed E-state index contributed by atoms with van der Waals surface area (Å²) in [5.74, 6) is -1.81. The summed E-state index contributed by atoms with van der Waals surface area (Å²) in [6.07, 6.45) is 2.90. The fourth-order valence-corrected chi connectivity index (χ4v) is 4.67. The summed E-state index contributed by atoms with van der Waals surface area (Å²) in [6, 6.07) is 0. The molecule has 0 bridgehead atoms. The fourth-order valence-electron chi connectivity index (χ4n) is 2.54. The Morgan fingerprint density at radius 2 is 1.78 bits per heavy atom. The van der Waals surface area contributed by atoms with Crippen LogP contribution in [-0.4, -0.2) is 42.1 Å². The highest BCUT2D eigenvalue weighted by atomic mass is 28.4. The van der Waals surface area contributed by atoms with Crippen molar-refractivity contribution < 1.29 is 27.6 Å². The molecule has 6 nitrogen and oxygen atoms in total. The second-order valence-electron chi connectivity index (χ2n) is 4.27. The van der Waals surface area contributed by atoms with Gasteiger partial charge in [-0.2, -0.15) is 0 Å². The molecule has 1 aliphatic carbocycles. The van der Waals surface area contributed by atoms with E-state index in [4.69, 9.17) is 13.3 Å². The summed E-state index contributed by atoms with van der Waals surface area (Å²) >= 11 is 0. The van der Waals surface area contributed by atoms with E-state index in [2.05, 4.69) is 4.74 Å². The van der Waals surface area contributed by atoms with E-state index in [1.807, 2.05) is 0 Å². The number of allylic oxidation sites excluding steroid dienone is 1. The van der Waals surface area contributed by atoms with E-state index in [1.54, 1.807) is 6.08 Å². The topological polar surface area (TPSA) is 71.1 Å². The molecule has 0 aromatic heterocycles. The second kappa shape index (κ2) is 4.92. The van der Waals surface area contributed by atoms with E-state index < -0.39 is 26.7 Å². The number of rotatable bonds is 4. The molecule has 2 atom stereocenters. The van der Waals surface area contributed by atoms with Crippen LogP contribution in [0.5, 0.6) is 0 Å². The molecule has 2 unspecified atom stereocenters. The summed E-state index contributed by atoms with van der Waals surface area (Å²) < 4.78 is 20.8. The first-order valence-corrected chi connectivity index (χ1v) is 7.42. The number of carbonyl (C=O) groups is 2. The number of hydrogen-bond acceptors (Lipinski definition) is 6. The zero-order valence-electron chi connectivity index (χ0n) is 10.6. The molecular weight excluding hydrogens is 256 g/mol. The molecule has 0 N–H and O–H groups in total. The smallest absolute Gasteiger partial charge is 0.392 e. The number of fused-ring (bicyclic) bond motifs is 1. The van der Waals surface area contributed by atoms with E-state index in [0.29, 0.717) is 12.8 Å². The van der Waals surface area contributed by atoms with Crippen molar-refractivity contribution in [2.75, 3.05) is 21.3 Å². The van der Waals surface area contributed by atoms with Crippen LogP contribution >= 0.6 is 0 Å². The predicted molar refractivity (Wildman–Crippen MR) is 62.2 cm³/mol. The SMILES string of the molecule is CO[Si](OC)(OC)C1=CC2C(=O)OC(=O)C2CC1. The van der Waals surface area contributed by atoms with Gasteiger partial charge in [-0.25, -0.2) is 0 Å². The average molecular weight is 272 g/mol. The Morgan fingerprint density at radius 1 is 1.17 bits per heavy atom. The lowest BCUT2D eigenvalue weighted by Gasteiger charge is -2.30. The zero-order chi connectivity index (χ0) is 13.3. The minimum atomic E-state index is -2.89. The molecule has 1 heterocycles. The molecule has 0 amide bonds. The van der Waals surface area contributed by atoms with E-state index in [9.17, 15) is 9.59 Å². The molecule has 0 aromatic carbocycles. The van der Waals surface area contributed by atoms with E-state index in [1.165, 1.54) is 21.3 Å². The molecule has 0 saturated carbocycles. The number of hydrogen-bond donors (Lipinski definition) is 0. The maximum atomic E-state index is 11.6. The number of ether oxygens (including phenoxy) is 1. The Morgan fingerprint density at radius 3 is 2.33 bits per heavy atom. The fraction of sp³-hybridized carbons (Fsp3) is 0.636. The Balaban J connectivity index is 2.31. The van der Waals surface area contributed by atoms with Crippen LogP contribution in [0.4, 0.5) is 0 Å². The van der Waals surface area contributed by atoms with Crippen LogP contribution in [0.15, 0.2) is 11.3 Å². The van der Waals surface area contributed by atoms with E-state index in [-0.39, 0.29) is 5.92 Å². The van der Waals surface area contributed by atoms with Crippen molar-refractivity contribution in [2.24, 2.45) is 11.8 Å². The van der Waals surface area contributed by atoms with Gasteiger partial charge in [-0.1, -0.05) is 6.08 Å². The van der Waals surface area contributed by atoms with Crippen LogP contribution in [0.1, 0.15) is 12.8 Å². The van der Waals surface area contributed by atoms with Gasteiger partial charge in [0.1, 0.15) is 0 Å². The molecule has 0 aromatic rings. The normalized spacial score (nSPS) is 27.8. The van der Waals surface area contributed by atoms with Gasteiger partial charge in [-0.3, -0.25) is 9.59 Å². The molecule has 2 rings (SSSR count). The van der Waals surface area contributed by atoms with Gasteiger partial charge in [0.25, 0.3) is 0 Å². The van der Waals surface area contributed by atoms with Gasteiger partial charge in [0.15, 0.2) is 0 Å². The van der Waals surface area contributed by atoms with Crippen molar-refractivity contribution in [3.8, 4) is 0 Å². The number of carbonyl (C=O) groups excluding carboxylic acids is 2. The van der Waals surface area contributed by atoms with Gasteiger partial charge in [-0.15, -0.1) is 0 Å². The van der Waals surface area contributed by atoms with Gasteiger partial charge < -0.3 is 18.0 Å². The summed E-state index contributed by atoms with van der Waals surface area (Å²) in [6.45, 7) is 0. The maximum Gasteiger partial charge on any atom is 0.531 e. The highest BCUT2D eigenvalue weighted by Gasteiger charge is 2.51. The quantitative estimate of drug-likeness (QED) is 0.420. The third-order valence-electron chi connectivity index (χ3n) is 3.51. The molecule has 7 heteroatoms. The standard InChI is InChI=1S/C11H16O6Si/c1-14-18(15-2,16-3)7-4-5-8-9(6-7)11(13)17-10(8)12/h6,8-9H,4-5H2,1-3H3.